The van der Waals surface area contributed by atoms with E-state index in [4.69, 9.17) is 11.6 Å². The molecule has 1 N–H and O–H groups in total. The van der Waals surface area contributed by atoms with Crippen molar-refractivity contribution in [3.8, 4) is 0 Å². The lowest BCUT2D eigenvalue weighted by molar-refractivity contribution is -0.182. The van der Waals surface area contributed by atoms with E-state index in [9.17, 15) is 18.0 Å². The summed E-state index contributed by atoms with van der Waals surface area (Å²) in [5.74, 6) is -0.438. The Bertz CT molecular complexity index is 722. The monoisotopic (exact) mass is 379 g/mol. The van der Waals surface area contributed by atoms with Crippen LogP contribution in [-0.4, -0.2) is 34.7 Å². The Morgan fingerprint density at radius 3 is 2.88 bits per heavy atom. The molecule has 2 aromatic rings. The first kappa shape index (κ1) is 18.6. The highest BCUT2D eigenvalue weighted by molar-refractivity contribution is 7.98. The minimum atomic E-state index is -4.40. The lowest BCUT2D eigenvalue weighted by Gasteiger charge is -2.07. The molecule has 130 valence electrons. The van der Waals surface area contributed by atoms with Gasteiger partial charge >= 0.3 is 6.18 Å². The van der Waals surface area contributed by atoms with Crippen LogP contribution in [-0.2, 0) is 11.5 Å². The first-order valence-corrected chi connectivity index (χ1v) is 8.20. The number of hydrogen-bond acceptors (Lipinski definition) is 4. The highest BCUT2D eigenvalue weighted by atomic mass is 35.5. The van der Waals surface area contributed by atoms with Crippen molar-refractivity contribution in [3.05, 3.63) is 41.2 Å². The zero-order chi connectivity index (χ0) is 17.7. The molecular formula is C14H13ClF3N3O2S. The van der Waals surface area contributed by atoms with Crippen molar-refractivity contribution < 1.29 is 22.7 Å². The van der Waals surface area contributed by atoms with Crippen molar-refractivity contribution in [2.75, 3.05) is 18.2 Å². The number of halogens is 4. The second kappa shape index (κ2) is 7.91. The van der Waals surface area contributed by atoms with E-state index in [1.54, 1.807) is 18.2 Å². The summed E-state index contributed by atoms with van der Waals surface area (Å²) in [6.07, 6.45) is 0.140. The summed E-state index contributed by atoms with van der Waals surface area (Å²) in [4.78, 5) is 13.1. The molecule has 1 aromatic carbocycles. The highest BCUT2D eigenvalue weighted by Crippen LogP contribution is 2.24. The molecule has 0 saturated carbocycles. The molecule has 24 heavy (non-hydrogen) atoms. The summed E-state index contributed by atoms with van der Waals surface area (Å²) >= 11 is 7.48. The highest BCUT2D eigenvalue weighted by Gasteiger charge is 2.27. The lowest BCUT2D eigenvalue weighted by atomic mass is 10.2. The number of carbonyl (C=O) groups is 1. The second-order valence-electron chi connectivity index (χ2n) is 4.66. The Morgan fingerprint density at radius 2 is 2.21 bits per heavy atom. The summed E-state index contributed by atoms with van der Waals surface area (Å²) in [6.45, 7) is -1.75. The van der Waals surface area contributed by atoms with E-state index in [2.05, 4.69) is 15.2 Å². The maximum atomic E-state index is 12.2. The number of aromatic nitrogens is 2. The quantitative estimate of drug-likeness (QED) is 0.769. The van der Waals surface area contributed by atoms with Crippen molar-refractivity contribution in [3.63, 3.8) is 0 Å². The fourth-order valence-corrected chi connectivity index (χ4v) is 2.40. The van der Waals surface area contributed by atoms with Gasteiger partial charge in [-0.15, -0.1) is 11.8 Å². The van der Waals surface area contributed by atoms with Gasteiger partial charge in [0.25, 0.3) is 5.91 Å². The van der Waals surface area contributed by atoms with Crippen LogP contribution in [0.15, 0.2) is 35.5 Å². The lowest BCUT2D eigenvalue weighted by Crippen LogP contribution is -2.18. The molecule has 0 fully saturated rings. The van der Waals surface area contributed by atoms with Crippen LogP contribution >= 0.6 is 23.4 Å². The number of hydrogen-bond donors (Lipinski definition) is 1. The van der Waals surface area contributed by atoms with Gasteiger partial charge in [0.15, 0.2) is 0 Å². The molecular weight excluding hydrogens is 367 g/mol. The summed E-state index contributed by atoms with van der Waals surface area (Å²) in [7, 11) is 0. The van der Waals surface area contributed by atoms with Gasteiger partial charge < -0.3 is 10.1 Å². The molecule has 1 heterocycles. The smallest absolute Gasteiger partial charge is 0.350 e. The van der Waals surface area contributed by atoms with Gasteiger partial charge in [0.2, 0.25) is 0 Å². The number of carbonyl (C=O) groups excluding carboxylic acids is 1. The molecule has 0 aliphatic heterocycles. The molecule has 2 rings (SSSR count). The third-order valence-corrected chi connectivity index (χ3v) is 3.85. The van der Waals surface area contributed by atoms with E-state index in [1.165, 1.54) is 24.2 Å². The van der Waals surface area contributed by atoms with Crippen LogP contribution < -0.4 is 5.32 Å². The van der Waals surface area contributed by atoms with Crippen molar-refractivity contribution in [2.24, 2.45) is 0 Å². The number of thioether (sulfide) groups is 1. The van der Waals surface area contributed by atoms with E-state index in [0.29, 0.717) is 16.3 Å². The van der Waals surface area contributed by atoms with Crippen LogP contribution in [0.5, 0.6) is 0 Å². The van der Waals surface area contributed by atoms with Crippen molar-refractivity contribution in [1.29, 1.82) is 0 Å². The fraction of sp³-hybridized carbons (Fsp3) is 0.286. The molecule has 0 saturated heterocycles. The predicted molar refractivity (Wildman–Crippen MR) is 85.4 cm³/mol. The van der Waals surface area contributed by atoms with E-state index < -0.39 is 18.7 Å². The minimum absolute atomic E-state index is 0.296. The fourth-order valence-electron chi connectivity index (χ4n) is 1.76. The van der Waals surface area contributed by atoms with Crippen LogP contribution in [0.1, 0.15) is 10.4 Å². The van der Waals surface area contributed by atoms with Crippen molar-refractivity contribution >= 4 is 35.0 Å². The van der Waals surface area contributed by atoms with Crippen LogP contribution in [0.4, 0.5) is 18.9 Å². The maximum Gasteiger partial charge on any atom is 0.411 e. The van der Waals surface area contributed by atoms with E-state index in [-0.39, 0.29) is 6.73 Å². The van der Waals surface area contributed by atoms with Crippen LogP contribution in [0.3, 0.4) is 0 Å². The first-order valence-electron chi connectivity index (χ1n) is 6.60. The Hall–Kier alpha value is -1.71. The number of nitrogens with one attached hydrogen (secondary N) is 1. The zero-order valence-corrected chi connectivity index (χ0v) is 14.0. The summed E-state index contributed by atoms with van der Waals surface area (Å²) < 4.78 is 41.6. The Morgan fingerprint density at radius 1 is 1.46 bits per heavy atom. The average molecular weight is 380 g/mol. The van der Waals surface area contributed by atoms with Gasteiger partial charge in [-0.05, 0) is 24.5 Å². The SMILES string of the molecule is CSc1ccc(Cl)c(C(=O)Nc2cnn(COCC(F)(F)F)c2)c1. The normalized spacial score (nSPS) is 11.5. The number of nitrogens with zero attached hydrogens (tertiary/aromatic N) is 2. The number of ether oxygens (including phenoxy) is 1. The van der Waals surface area contributed by atoms with Crippen LogP contribution in [0.2, 0.25) is 5.02 Å². The number of rotatable bonds is 6. The minimum Gasteiger partial charge on any atom is -0.350 e. The zero-order valence-electron chi connectivity index (χ0n) is 12.4. The van der Waals surface area contributed by atoms with Crippen LogP contribution in [0, 0.1) is 0 Å². The summed E-state index contributed by atoms with van der Waals surface area (Å²) in [6, 6.07) is 5.07. The molecule has 0 aliphatic rings. The van der Waals surface area contributed by atoms with Gasteiger partial charge in [-0.3, -0.25) is 4.79 Å². The van der Waals surface area contributed by atoms with Crippen molar-refractivity contribution in [1.82, 2.24) is 9.78 Å². The molecule has 0 aliphatic carbocycles. The topological polar surface area (TPSA) is 56.2 Å². The molecule has 0 spiro atoms. The Labute approximate surface area is 145 Å². The van der Waals surface area contributed by atoms with Gasteiger partial charge in [0.05, 0.1) is 28.7 Å². The molecule has 0 radical (unpaired) electrons. The largest absolute Gasteiger partial charge is 0.411 e. The van der Waals surface area contributed by atoms with Gasteiger partial charge in [0.1, 0.15) is 13.3 Å². The van der Waals surface area contributed by atoms with E-state index in [1.807, 2.05) is 6.26 Å². The first-order chi connectivity index (χ1) is 11.3. The predicted octanol–water partition coefficient (Wildman–Crippen LogP) is 4.05. The van der Waals surface area contributed by atoms with E-state index in [0.717, 1.165) is 9.58 Å². The molecule has 0 unspecified atom stereocenters. The van der Waals surface area contributed by atoms with E-state index >= 15 is 0 Å². The average Bonchev–Trinajstić information content (AvgIpc) is 2.93. The Kier molecular flexibility index (Phi) is 6.14. The summed E-state index contributed by atoms with van der Waals surface area (Å²) in [5.41, 5.74) is 0.616. The molecule has 1 amide bonds. The molecule has 0 bridgehead atoms. The Balaban J connectivity index is 1.98. The molecule has 10 heteroatoms. The third-order valence-electron chi connectivity index (χ3n) is 2.80. The molecule has 5 nitrogen and oxygen atoms in total. The van der Waals surface area contributed by atoms with Gasteiger partial charge in [0, 0.05) is 4.90 Å². The third kappa shape index (κ3) is 5.43. The van der Waals surface area contributed by atoms with Gasteiger partial charge in [-0.1, -0.05) is 11.6 Å². The number of amides is 1. The van der Waals surface area contributed by atoms with Crippen molar-refractivity contribution in [2.45, 2.75) is 17.8 Å². The van der Waals surface area contributed by atoms with Gasteiger partial charge in [-0.2, -0.15) is 18.3 Å². The number of alkyl halides is 3. The van der Waals surface area contributed by atoms with Gasteiger partial charge in [-0.25, -0.2) is 4.68 Å². The summed E-state index contributed by atoms with van der Waals surface area (Å²) in [5, 5.41) is 6.69. The molecule has 0 atom stereocenters. The molecule has 1 aromatic heterocycles. The standard InChI is InChI=1S/C14H13ClF3N3O2S/c1-24-10-2-3-12(15)11(4-10)13(22)20-9-5-19-21(6-9)8-23-7-14(16,17)18/h2-6H,7-8H2,1H3,(H,20,22). The van der Waals surface area contributed by atoms with Crippen LogP contribution in [0.25, 0.3) is 0 Å². The number of benzene rings is 1. The second-order valence-corrected chi connectivity index (χ2v) is 5.95. The number of anilines is 1. The maximum absolute atomic E-state index is 12.2.